The SMILES string of the molecule is COc1ccc(C(N)CCC(=O)OC2CCCCC2)cc1. The van der Waals surface area contributed by atoms with Crippen LogP contribution in [-0.2, 0) is 9.53 Å². The molecule has 1 atom stereocenters. The van der Waals surface area contributed by atoms with E-state index in [1.54, 1.807) is 7.11 Å². The molecular formula is C17H25NO3. The van der Waals surface area contributed by atoms with Gasteiger partial charge in [0.15, 0.2) is 0 Å². The molecule has 0 spiro atoms. The van der Waals surface area contributed by atoms with Crippen molar-refractivity contribution in [2.75, 3.05) is 7.11 Å². The van der Waals surface area contributed by atoms with Crippen molar-refractivity contribution in [3.8, 4) is 5.75 Å². The van der Waals surface area contributed by atoms with Crippen molar-refractivity contribution in [3.05, 3.63) is 29.8 Å². The molecule has 0 bridgehead atoms. The van der Waals surface area contributed by atoms with Crippen molar-refractivity contribution >= 4 is 5.97 Å². The summed E-state index contributed by atoms with van der Waals surface area (Å²) in [7, 11) is 1.64. The van der Waals surface area contributed by atoms with E-state index in [0.717, 1.165) is 24.2 Å². The molecule has 1 aromatic rings. The molecule has 1 unspecified atom stereocenters. The van der Waals surface area contributed by atoms with Gasteiger partial charge in [-0.25, -0.2) is 0 Å². The normalized spacial score (nSPS) is 17.2. The zero-order chi connectivity index (χ0) is 15.1. The van der Waals surface area contributed by atoms with Gasteiger partial charge in [-0.15, -0.1) is 0 Å². The Labute approximate surface area is 126 Å². The highest BCUT2D eigenvalue weighted by atomic mass is 16.5. The number of nitrogens with two attached hydrogens (primary N) is 1. The minimum absolute atomic E-state index is 0.120. The molecule has 1 aromatic carbocycles. The molecule has 116 valence electrons. The molecule has 2 rings (SSSR count). The van der Waals surface area contributed by atoms with E-state index in [-0.39, 0.29) is 18.1 Å². The molecule has 1 aliphatic carbocycles. The van der Waals surface area contributed by atoms with Gasteiger partial charge < -0.3 is 15.2 Å². The number of hydrogen-bond acceptors (Lipinski definition) is 4. The summed E-state index contributed by atoms with van der Waals surface area (Å²) in [6.45, 7) is 0. The third-order valence-corrected chi connectivity index (χ3v) is 4.05. The number of carbonyl (C=O) groups is 1. The minimum Gasteiger partial charge on any atom is -0.497 e. The first-order valence-electron chi connectivity index (χ1n) is 7.78. The van der Waals surface area contributed by atoms with Crippen molar-refractivity contribution in [3.63, 3.8) is 0 Å². The third-order valence-electron chi connectivity index (χ3n) is 4.05. The van der Waals surface area contributed by atoms with Crippen molar-refractivity contribution < 1.29 is 14.3 Å². The van der Waals surface area contributed by atoms with Gasteiger partial charge in [0.25, 0.3) is 0 Å². The summed E-state index contributed by atoms with van der Waals surface area (Å²) < 4.78 is 10.6. The molecule has 0 heterocycles. The van der Waals surface area contributed by atoms with Crippen LogP contribution < -0.4 is 10.5 Å². The maximum Gasteiger partial charge on any atom is 0.306 e. The Morgan fingerprint density at radius 2 is 1.90 bits per heavy atom. The minimum atomic E-state index is -0.144. The van der Waals surface area contributed by atoms with Gasteiger partial charge in [0.05, 0.1) is 7.11 Å². The lowest BCUT2D eigenvalue weighted by molar-refractivity contribution is -0.150. The van der Waals surface area contributed by atoms with E-state index in [9.17, 15) is 4.79 Å². The van der Waals surface area contributed by atoms with E-state index in [4.69, 9.17) is 15.2 Å². The fourth-order valence-corrected chi connectivity index (χ4v) is 2.72. The van der Waals surface area contributed by atoms with E-state index < -0.39 is 0 Å². The Morgan fingerprint density at radius 3 is 2.52 bits per heavy atom. The van der Waals surface area contributed by atoms with Crippen LogP contribution in [0.15, 0.2) is 24.3 Å². The molecule has 0 radical (unpaired) electrons. The average Bonchev–Trinajstić information content (AvgIpc) is 2.53. The predicted octanol–water partition coefficient (Wildman–Crippen LogP) is 3.35. The lowest BCUT2D eigenvalue weighted by Crippen LogP contribution is -2.21. The van der Waals surface area contributed by atoms with Gasteiger partial charge in [0.1, 0.15) is 11.9 Å². The molecule has 0 aliphatic heterocycles. The first-order chi connectivity index (χ1) is 10.2. The van der Waals surface area contributed by atoms with Crippen LogP contribution in [0.4, 0.5) is 0 Å². The summed E-state index contributed by atoms with van der Waals surface area (Å²) in [6.07, 6.45) is 6.74. The second kappa shape index (κ2) is 8.03. The number of carbonyl (C=O) groups excluding carboxylic acids is 1. The van der Waals surface area contributed by atoms with Crippen LogP contribution in [0, 0.1) is 0 Å². The maximum absolute atomic E-state index is 11.8. The lowest BCUT2D eigenvalue weighted by atomic mass is 9.98. The summed E-state index contributed by atoms with van der Waals surface area (Å²) in [5.41, 5.74) is 7.13. The Morgan fingerprint density at radius 1 is 1.24 bits per heavy atom. The summed E-state index contributed by atoms with van der Waals surface area (Å²) in [5.74, 6) is 0.688. The van der Waals surface area contributed by atoms with E-state index in [0.29, 0.717) is 12.8 Å². The zero-order valence-corrected chi connectivity index (χ0v) is 12.7. The predicted molar refractivity (Wildman–Crippen MR) is 82.1 cm³/mol. The van der Waals surface area contributed by atoms with Crippen molar-refractivity contribution in [2.45, 2.75) is 57.1 Å². The van der Waals surface area contributed by atoms with Crippen molar-refractivity contribution in [1.82, 2.24) is 0 Å². The van der Waals surface area contributed by atoms with Gasteiger partial charge in [-0.1, -0.05) is 18.6 Å². The van der Waals surface area contributed by atoms with Gasteiger partial charge in [-0.3, -0.25) is 4.79 Å². The first-order valence-corrected chi connectivity index (χ1v) is 7.78. The highest BCUT2D eigenvalue weighted by Crippen LogP contribution is 2.22. The second-order valence-electron chi connectivity index (χ2n) is 5.67. The molecular weight excluding hydrogens is 266 g/mol. The van der Waals surface area contributed by atoms with E-state index in [1.807, 2.05) is 24.3 Å². The molecule has 0 saturated heterocycles. The molecule has 4 heteroatoms. The van der Waals surface area contributed by atoms with Crippen LogP contribution in [0.5, 0.6) is 5.75 Å². The van der Waals surface area contributed by atoms with Gasteiger partial charge >= 0.3 is 5.97 Å². The lowest BCUT2D eigenvalue weighted by Gasteiger charge is -2.22. The molecule has 0 amide bonds. The van der Waals surface area contributed by atoms with Crippen LogP contribution in [0.25, 0.3) is 0 Å². The van der Waals surface area contributed by atoms with Crippen molar-refractivity contribution in [1.29, 1.82) is 0 Å². The number of benzene rings is 1. The summed E-state index contributed by atoms with van der Waals surface area (Å²) in [4.78, 5) is 11.8. The van der Waals surface area contributed by atoms with Crippen LogP contribution in [-0.4, -0.2) is 19.2 Å². The molecule has 4 nitrogen and oxygen atoms in total. The average molecular weight is 291 g/mol. The first kappa shape index (κ1) is 15.8. The van der Waals surface area contributed by atoms with E-state index >= 15 is 0 Å². The van der Waals surface area contributed by atoms with Crippen molar-refractivity contribution in [2.24, 2.45) is 5.73 Å². The number of rotatable bonds is 6. The highest BCUT2D eigenvalue weighted by Gasteiger charge is 2.18. The maximum atomic E-state index is 11.8. The number of ether oxygens (including phenoxy) is 2. The summed E-state index contributed by atoms with van der Waals surface area (Å²) >= 11 is 0. The molecule has 1 saturated carbocycles. The number of hydrogen-bond donors (Lipinski definition) is 1. The zero-order valence-electron chi connectivity index (χ0n) is 12.7. The Hall–Kier alpha value is -1.55. The van der Waals surface area contributed by atoms with E-state index in [2.05, 4.69) is 0 Å². The summed E-state index contributed by atoms with van der Waals surface area (Å²) in [5, 5.41) is 0. The van der Waals surface area contributed by atoms with Gasteiger partial charge in [-0.2, -0.15) is 0 Å². The molecule has 21 heavy (non-hydrogen) atoms. The van der Waals surface area contributed by atoms with Gasteiger partial charge in [0, 0.05) is 12.5 Å². The van der Waals surface area contributed by atoms with E-state index in [1.165, 1.54) is 19.3 Å². The molecule has 1 aliphatic rings. The quantitative estimate of drug-likeness (QED) is 0.816. The second-order valence-corrected chi connectivity index (χ2v) is 5.67. The van der Waals surface area contributed by atoms with Crippen LogP contribution >= 0.6 is 0 Å². The van der Waals surface area contributed by atoms with Gasteiger partial charge in [0.2, 0.25) is 0 Å². The molecule has 0 aromatic heterocycles. The number of methoxy groups -OCH3 is 1. The fraction of sp³-hybridized carbons (Fsp3) is 0.588. The molecule has 1 fully saturated rings. The largest absolute Gasteiger partial charge is 0.497 e. The summed E-state index contributed by atoms with van der Waals surface area (Å²) in [6, 6.07) is 7.51. The highest BCUT2D eigenvalue weighted by molar-refractivity contribution is 5.69. The van der Waals surface area contributed by atoms with Crippen LogP contribution in [0.1, 0.15) is 56.6 Å². The van der Waals surface area contributed by atoms with Crippen LogP contribution in [0.3, 0.4) is 0 Å². The monoisotopic (exact) mass is 291 g/mol. The van der Waals surface area contributed by atoms with Gasteiger partial charge in [-0.05, 0) is 49.8 Å². The fourth-order valence-electron chi connectivity index (χ4n) is 2.72. The Balaban J connectivity index is 1.74. The Bertz CT molecular complexity index is 438. The molecule has 2 N–H and O–H groups in total. The topological polar surface area (TPSA) is 61.5 Å². The van der Waals surface area contributed by atoms with Crippen LogP contribution in [0.2, 0.25) is 0 Å². The smallest absolute Gasteiger partial charge is 0.306 e. The third kappa shape index (κ3) is 5.05. The Kier molecular flexibility index (Phi) is 6.05. The standard InChI is InChI=1S/C17H25NO3/c1-20-14-9-7-13(8-10-14)16(18)11-12-17(19)21-15-5-3-2-4-6-15/h7-10,15-16H,2-6,11-12,18H2,1H3. The number of esters is 1.